The largest absolute Gasteiger partial charge is 0.507 e. The van der Waals surface area contributed by atoms with Crippen LogP contribution in [0.15, 0.2) is 36.4 Å². The zero-order chi connectivity index (χ0) is 21.5. The second kappa shape index (κ2) is 8.04. The number of aromatic hydroxyl groups is 2. The molecule has 1 atom stereocenters. The summed E-state index contributed by atoms with van der Waals surface area (Å²) in [6.45, 7) is 1.20. The van der Waals surface area contributed by atoms with Crippen molar-refractivity contribution in [2.45, 2.75) is 37.8 Å². The molecule has 2 aromatic carbocycles. The molecule has 160 valence electrons. The predicted octanol–water partition coefficient (Wildman–Crippen LogP) is 4.57. The first-order valence-electron chi connectivity index (χ1n) is 9.95. The van der Waals surface area contributed by atoms with Crippen molar-refractivity contribution in [3.63, 3.8) is 0 Å². The maximum atomic E-state index is 13.4. The molecule has 2 aromatic rings. The van der Waals surface area contributed by atoms with Crippen LogP contribution < -0.4 is 0 Å². The standard InChI is InChI=1S/C22H23ClF2N2O3/c23-17-10-16(19(28)11-20(17)29)21(30)27-8-1-2-18(27)15-5-3-14(4-6-15)12-26-9-7-22(24,25)13-26/h3-6,10-11,18,28-29H,1-2,7-9,12-13H2/t18-/m1/s1. The topological polar surface area (TPSA) is 64.0 Å². The van der Waals surface area contributed by atoms with Gasteiger partial charge >= 0.3 is 0 Å². The Morgan fingerprint density at radius 3 is 2.53 bits per heavy atom. The van der Waals surface area contributed by atoms with Crippen molar-refractivity contribution in [1.29, 1.82) is 0 Å². The van der Waals surface area contributed by atoms with Crippen molar-refractivity contribution in [3.05, 3.63) is 58.1 Å². The second-order valence-corrected chi connectivity index (χ2v) is 8.44. The van der Waals surface area contributed by atoms with E-state index in [1.807, 2.05) is 24.3 Å². The highest BCUT2D eigenvalue weighted by atomic mass is 35.5. The molecule has 2 fully saturated rings. The molecule has 0 aromatic heterocycles. The highest BCUT2D eigenvalue weighted by Crippen LogP contribution is 2.37. The molecule has 2 aliphatic rings. The monoisotopic (exact) mass is 436 g/mol. The molecule has 2 saturated heterocycles. The summed E-state index contributed by atoms with van der Waals surface area (Å²) >= 11 is 5.91. The van der Waals surface area contributed by atoms with E-state index in [1.54, 1.807) is 9.80 Å². The van der Waals surface area contributed by atoms with E-state index in [9.17, 15) is 23.8 Å². The summed E-state index contributed by atoms with van der Waals surface area (Å²) in [5.41, 5.74) is 1.97. The summed E-state index contributed by atoms with van der Waals surface area (Å²) in [5.74, 6) is -3.55. The quantitative estimate of drug-likeness (QED) is 0.737. The third-order valence-electron chi connectivity index (χ3n) is 5.83. The number of likely N-dealkylation sites (tertiary alicyclic amines) is 2. The number of alkyl halides is 2. The first-order chi connectivity index (χ1) is 14.2. The summed E-state index contributed by atoms with van der Waals surface area (Å²) in [5, 5.41) is 19.7. The Morgan fingerprint density at radius 2 is 1.87 bits per heavy atom. The minimum absolute atomic E-state index is 0.00346. The van der Waals surface area contributed by atoms with Gasteiger partial charge in [0.1, 0.15) is 11.5 Å². The molecule has 2 N–H and O–H groups in total. The van der Waals surface area contributed by atoms with E-state index in [-0.39, 0.29) is 47.0 Å². The minimum atomic E-state index is -2.60. The fourth-order valence-electron chi connectivity index (χ4n) is 4.28. The first-order valence-corrected chi connectivity index (χ1v) is 10.3. The summed E-state index contributed by atoms with van der Waals surface area (Å²) < 4.78 is 26.8. The van der Waals surface area contributed by atoms with E-state index >= 15 is 0 Å². The van der Waals surface area contributed by atoms with Crippen LogP contribution in [0.1, 0.15) is 46.8 Å². The second-order valence-electron chi connectivity index (χ2n) is 8.04. The van der Waals surface area contributed by atoms with Gasteiger partial charge in [-0.15, -0.1) is 0 Å². The number of hydrogen-bond donors (Lipinski definition) is 2. The normalized spacial score (nSPS) is 21.3. The third-order valence-corrected chi connectivity index (χ3v) is 6.13. The van der Waals surface area contributed by atoms with Crippen LogP contribution in [0, 0.1) is 0 Å². The van der Waals surface area contributed by atoms with Crippen LogP contribution in [0.25, 0.3) is 0 Å². The van der Waals surface area contributed by atoms with Crippen molar-refractivity contribution in [2.75, 3.05) is 19.6 Å². The summed E-state index contributed by atoms with van der Waals surface area (Å²) in [7, 11) is 0. The maximum Gasteiger partial charge on any atom is 0.261 e. The van der Waals surface area contributed by atoms with Crippen LogP contribution in [0.5, 0.6) is 11.5 Å². The highest BCUT2D eigenvalue weighted by molar-refractivity contribution is 6.32. The van der Waals surface area contributed by atoms with E-state index in [0.717, 1.165) is 30.0 Å². The predicted molar refractivity (Wildman–Crippen MR) is 109 cm³/mol. The van der Waals surface area contributed by atoms with Gasteiger partial charge in [0, 0.05) is 32.1 Å². The molecule has 0 saturated carbocycles. The molecule has 0 unspecified atom stereocenters. The lowest BCUT2D eigenvalue weighted by Crippen LogP contribution is -2.30. The van der Waals surface area contributed by atoms with E-state index in [1.165, 1.54) is 6.07 Å². The number of phenols is 2. The zero-order valence-corrected chi connectivity index (χ0v) is 17.1. The molecule has 1 amide bonds. The lowest BCUT2D eigenvalue weighted by atomic mass is 10.0. The van der Waals surface area contributed by atoms with Gasteiger partial charge in [0.2, 0.25) is 0 Å². The maximum absolute atomic E-state index is 13.4. The van der Waals surface area contributed by atoms with Gasteiger partial charge in [0.15, 0.2) is 0 Å². The molecule has 30 heavy (non-hydrogen) atoms. The van der Waals surface area contributed by atoms with E-state index in [2.05, 4.69) is 0 Å². The van der Waals surface area contributed by atoms with Crippen LogP contribution in [0.4, 0.5) is 8.78 Å². The van der Waals surface area contributed by atoms with Gasteiger partial charge < -0.3 is 15.1 Å². The molecule has 2 heterocycles. The van der Waals surface area contributed by atoms with Crippen molar-refractivity contribution in [1.82, 2.24) is 9.80 Å². The molecule has 2 aliphatic heterocycles. The van der Waals surface area contributed by atoms with Gasteiger partial charge in [-0.05, 0) is 30.0 Å². The Labute approximate surface area is 178 Å². The lowest BCUT2D eigenvalue weighted by molar-refractivity contribution is 0.0115. The number of nitrogens with zero attached hydrogens (tertiary/aromatic N) is 2. The fraction of sp³-hybridized carbons (Fsp3) is 0.409. The molecular formula is C22H23ClF2N2O3. The van der Waals surface area contributed by atoms with Gasteiger partial charge in [0.05, 0.1) is 23.2 Å². The van der Waals surface area contributed by atoms with Gasteiger partial charge in [-0.2, -0.15) is 0 Å². The smallest absolute Gasteiger partial charge is 0.261 e. The number of carbonyl (C=O) groups is 1. The van der Waals surface area contributed by atoms with Gasteiger partial charge in [-0.3, -0.25) is 9.69 Å². The van der Waals surface area contributed by atoms with E-state index in [0.29, 0.717) is 19.6 Å². The Morgan fingerprint density at radius 1 is 1.13 bits per heavy atom. The van der Waals surface area contributed by atoms with Gasteiger partial charge in [0.25, 0.3) is 11.8 Å². The number of hydrogen-bond acceptors (Lipinski definition) is 4. The van der Waals surface area contributed by atoms with Crippen molar-refractivity contribution in [3.8, 4) is 11.5 Å². The average Bonchev–Trinajstić information content (AvgIpc) is 3.31. The van der Waals surface area contributed by atoms with Crippen LogP contribution in [0.2, 0.25) is 5.02 Å². The Bertz CT molecular complexity index is 952. The molecule has 0 bridgehead atoms. The number of benzene rings is 2. The molecule has 0 radical (unpaired) electrons. The number of rotatable bonds is 4. The summed E-state index contributed by atoms with van der Waals surface area (Å²) in [4.78, 5) is 16.5. The third kappa shape index (κ3) is 4.23. The fourth-order valence-corrected chi connectivity index (χ4v) is 4.44. The number of halogens is 3. The minimum Gasteiger partial charge on any atom is -0.507 e. The SMILES string of the molecule is O=C(c1cc(Cl)c(O)cc1O)N1CCC[C@@H]1c1ccc(CN2CCC(F)(F)C2)cc1. The lowest BCUT2D eigenvalue weighted by Gasteiger charge is -2.26. The first kappa shape index (κ1) is 20.9. The van der Waals surface area contributed by atoms with Crippen LogP contribution in [0.3, 0.4) is 0 Å². The van der Waals surface area contributed by atoms with Crippen LogP contribution in [-0.2, 0) is 6.54 Å². The van der Waals surface area contributed by atoms with Gasteiger partial charge in [-0.1, -0.05) is 35.9 Å². The summed E-state index contributed by atoms with van der Waals surface area (Å²) in [6.07, 6.45) is 1.52. The van der Waals surface area contributed by atoms with Crippen molar-refractivity contribution < 1.29 is 23.8 Å². The number of carbonyl (C=O) groups excluding carboxylic acids is 1. The molecule has 0 spiro atoms. The Balaban J connectivity index is 1.48. The average molecular weight is 437 g/mol. The van der Waals surface area contributed by atoms with E-state index in [4.69, 9.17) is 11.6 Å². The van der Waals surface area contributed by atoms with Gasteiger partial charge in [-0.25, -0.2) is 8.78 Å². The Hall–Kier alpha value is -2.38. The molecule has 8 heteroatoms. The summed E-state index contributed by atoms with van der Waals surface area (Å²) in [6, 6.07) is 9.90. The number of phenolic OH excluding ortho intramolecular Hbond substituents is 2. The van der Waals surface area contributed by atoms with E-state index < -0.39 is 5.92 Å². The van der Waals surface area contributed by atoms with Crippen molar-refractivity contribution >= 4 is 17.5 Å². The molecule has 5 nitrogen and oxygen atoms in total. The zero-order valence-electron chi connectivity index (χ0n) is 16.3. The van der Waals surface area contributed by atoms with Crippen LogP contribution in [-0.4, -0.2) is 51.5 Å². The highest BCUT2D eigenvalue weighted by Gasteiger charge is 2.38. The van der Waals surface area contributed by atoms with Crippen molar-refractivity contribution in [2.24, 2.45) is 0 Å². The van der Waals surface area contributed by atoms with Crippen LogP contribution >= 0.6 is 11.6 Å². The Kier molecular flexibility index (Phi) is 5.59. The molecule has 0 aliphatic carbocycles. The molecule has 4 rings (SSSR count). The number of amides is 1. The molecular weight excluding hydrogens is 414 g/mol.